The van der Waals surface area contributed by atoms with Gasteiger partial charge in [-0.25, -0.2) is 4.98 Å². The van der Waals surface area contributed by atoms with E-state index >= 15 is 0 Å². The van der Waals surface area contributed by atoms with E-state index in [1.807, 2.05) is 58.0 Å². The number of rotatable bonds is 7. The molecule has 0 aliphatic heterocycles. The van der Waals surface area contributed by atoms with Crippen molar-refractivity contribution in [1.82, 2.24) is 9.55 Å². The third-order valence-corrected chi connectivity index (χ3v) is 8.64. The van der Waals surface area contributed by atoms with Crippen LogP contribution in [0.1, 0.15) is 40.5 Å². The molecule has 5 nitrogen and oxygen atoms in total. The number of carbonyl (C=O) groups is 1. The van der Waals surface area contributed by atoms with E-state index in [9.17, 15) is 9.59 Å². The fraction of sp³-hybridized carbons (Fsp3) is 0.296. The summed E-state index contributed by atoms with van der Waals surface area (Å²) in [4.78, 5) is 33.3. The highest BCUT2D eigenvalue weighted by Gasteiger charge is 2.20. The molecule has 1 amide bonds. The molecular weight excluding hydrogens is 498 g/mol. The van der Waals surface area contributed by atoms with Gasteiger partial charge in [-0.05, 0) is 80.6 Å². The summed E-state index contributed by atoms with van der Waals surface area (Å²) < 4.78 is 1.64. The highest BCUT2D eigenvalue weighted by molar-refractivity contribution is 7.99. The van der Waals surface area contributed by atoms with Gasteiger partial charge in [0.25, 0.3) is 5.56 Å². The zero-order valence-electron chi connectivity index (χ0n) is 20.5. The SMILES string of the molecule is CCCc1sc2nc(SCC(=O)Nc3ccc(C)c(Cl)c3)n(-c3ccc(C)c(C)c3)c(=O)c2c1C. The predicted molar refractivity (Wildman–Crippen MR) is 149 cm³/mol. The van der Waals surface area contributed by atoms with E-state index in [2.05, 4.69) is 12.2 Å². The van der Waals surface area contributed by atoms with Gasteiger partial charge in [0.15, 0.2) is 5.16 Å². The maximum atomic E-state index is 13.8. The van der Waals surface area contributed by atoms with Crippen LogP contribution < -0.4 is 10.9 Å². The fourth-order valence-electron chi connectivity index (χ4n) is 3.86. The third-order valence-electron chi connectivity index (χ3n) is 6.05. The summed E-state index contributed by atoms with van der Waals surface area (Å²) in [7, 11) is 0. The number of anilines is 1. The summed E-state index contributed by atoms with van der Waals surface area (Å²) in [6.07, 6.45) is 1.92. The van der Waals surface area contributed by atoms with Gasteiger partial charge in [-0.3, -0.25) is 14.2 Å². The van der Waals surface area contributed by atoms with E-state index in [4.69, 9.17) is 16.6 Å². The molecule has 0 aliphatic rings. The van der Waals surface area contributed by atoms with E-state index in [1.165, 1.54) is 16.6 Å². The molecule has 0 atom stereocenters. The van der Waals surface area contributed by atoms with E-state index in [0.717, 1.165) is 45.6 Å². The van der Waals surface area contributed by atoms with Crippen LogP contribution in [0.15, 0.2) is 46.3 Å². The molecule has 2 aromatic heterocycles. The van der Waals surface area contributed by atoms with Gasteiger partial charge in [0.05, 0.1) is 16.8 Å². The Kier molecular flexibility index (Phi) is 7.69. The number of amides is 1. The molecular formula is C27H28ClN3O2S2. The molecule has 35 heavy (non-hydrogen) atoms. The molecule has 0 saturated heterocycles. The first kappa shape index (κ1) is 25.5. The molecule has 8 heteroatoms. The molecule has 0 spiro atoms. The molecule has 0 aliphatic carbocycles. The molecule has 2 heterocycles. The zero-order chi connectivity index (χ0) is 25.3. The number of thiophene rings is 1. The minimum atomic E-state index is -0.190. The Bertz CT molecular complexity index is 1490. The highest BCUT2D eigenvalue weighted by Crippen LogP contribution is 2.31. The predicted octanol–water partition coefficient (Wildman–Crippen LogP) is 7.02. The monoisotopic (exact) mass is 525 g/mol. The van der Waals surface area contributed by atoms with Crippen molar-refractivity contribution in [1.29, 1.82) is 0 Å². The Labute approximate surface area is 218 Å². The lowest BCUT2D eigenvalue weighted by molar-refractivity contribution is -0.113. The van der Waals surface area contributed by atoms with Gasteiger partial charge in [-0.1, -0.05) is 48.8 Å². The summed E-state index contributed by atoms with van der Waals surface area (Å²) in [6, 6.07) is 11.4. The number of nitrogens with one attached hydrogen (secondary N) is 1. The number of aryl methyl sites for hydroxylation is 5. The van der Waals surface area contributed by atoms with Crippen LogP contribution in [-0.2, 0) is 11.2 Å². The molecule has 0 saturated carbocycles. The summed E-state index contributed by atoms with van der Waals surface area (Å²) in [5.74, 6) is -0.0783. The number of halogens is 1. The molecule has 1 N–H and O–H groups in total. The second-order valence-electron chi connectivity index (χ2n) is 8.68. The Hall–Kier alpha value is -2.61. The summed E-state index contributed by atoms with van der Waals surface area (Å²) >= 11 is 9.02. The van der Waals surface area contributed by atoms with Crippen molar-refractivity contribution in [2.24, 2.45) is 0 Å². The summed E-state index contributed by atoms with van der Waals surface area (Å²) in [5.41, 5.74) is 5.49. The second kappa shape index (κ2) is 10.6. The van der Waals surface area contributed by atoms with Gasteiger partial charge >= 0.3 is 0 Å². The van der Waals surface area contributed by atoms with Crippen molar-refractivity contribution in [3.8, 4) is 5.69 Å². The van der Waals surface area contributed by atoms with Crippen LogP contribution in [0, 0.1) is 27.7 Å². The van der Waals surface area contributed by atoms with E-state index in [1.54, 1.807) is 22.0 Å². The van der Waals surface area contributed by atoms with E-state index in [-0.39, 0.29) is 17.2 Å². The standard InChI is InChI=1S/C27H28ClN3O2S2/c1-6-7-22-18(5)24-25(35-22)30-27(31(26(24)33)20-11-9-15(2)17(4)12-20)34-14-23(32)29-19-10-8-16(3)21(28)13-19/h8-13H,6-7,14H2,1-5H3,(H,29,32). The van der Waals surface area contributed by atoms with Crippen molar-refractivity contribution < 1.29 is 4.79 Å². The minimum Gasteiger partial charge on any atom is -0.325 e. The fourth-order valence-corrected chi connectivity index (χ4v) is 6.18. The molecule has 0 unspecified atom stereocenters. The first-order valence-electron chi connectivity index (χ1n) is 11.5. The minimum absolute atomic E-state index is 0.0948. The van der Waals surface area contributed by atoms with Crippen LogP contribution in [0.3, 0.4) is 0 Å². The number of hydrogen-bond donors (Lipinski definition) is 1. The van der Waals surface area contributed by atoms with Crippen LogP contribution >= 0.6 is 34.7 Å². The Balaban J connectivity index is 1.73. The van der Waals surface area contributed by atoms with Crippen LogP contribution in [0.2, 0.25) is 5.02 Å². The van der Waals surface area contributed by atoms with Crippen LogP contribution in [0.5, 0.6) is 0 Å². The van der Waals surface area contributed by atoms with E-state index < -0.39 is 0 Å². The average Bonchev–Trinajstić information content (AvgIpc) is 3.12. The molecule has 0 fully saturated rings. The number of thioether (sulfide) groups is 1. The van der Waals surface area contributed by atoms with Crippen LogP contribution in [-0.4, -0.2) is 21.2 Å². The van der Waals surface area contributed by atoms with Crippen molar-refractivity contribution in [3.63, 3.8) is 0 Å². The number of aromatic nitrogens is 2. The number of benzene rings is 2. The zero-order valence-corrected chi connectivity index (χ0v) is 22.9. The van der Waals surface area contributed by atoms with Crippen molar-refractivity contribution in [2.45, 2.75) is 52.6 Å². The number of nitrogens with zero attached hydrogens (tertiary/aromatic N) is 2. The Morgan fingerprint density at radius 1 is 1.09 bits per heavy atom. The molecule has 182 valence electrons. The average molecular weight is 526 g/mol. The van der Waals surface area contributed by atoms with Crippen molar-refractivity contribution >= 4 is 56.5 Å². The lowest BCUT2D eigenvalue weighted by Gasteiger charge is -2.14. The van der Waals surface area contributed by atoms with Crippen LogP contribution in [0.4, 0.5) is 5.69 Å². The quantitative estimate of drug-likeness (QED) is 0.208. The van der Waals surface area contributed by atoms with E-state index in [0.29, 0.717) is 21.3 Å². The number of fused-ring (bicyclic) bond motifs is 1. The van der Waals surface area contributed by atoms with Gasteiger partial charge < -0.3 is 5.32 Å². The Morgan fingerprint density at radius 3 is 2.51 bits per heavy atom. The maximum Gasteiger partial charge on any atom is 0.267 e. The van der Waals surface area contributed by atoms with Crippen molar-refractivity contribution in [3.05, 3.63) is 78.9 Å². The topological polar surface area (TPSA) is 64.0 Å². The van der Waals surface area contributed by atoms with Gasteiger partial charge in [0.1, 0.15) is 4.83 Å². The summed E-state index contributed by atoms with van der Waals surface area (Å²) in [6.45, 7) is 10.1. The third kappa shape index (κ3) is 5.32. The lowest BCUT2D eigenvalue weighted by Crippen LogP contribution is -2.23. The number of carbonyl (C=O) groups excluding carboxylic acids is 1. The molecule has 0 bridgehead atoms. The molecule has 0 radical (unpaired) electrons. The lowest BCUT2D eigenvalue weighted by atomic mass is 10.1. The van der Waals surface area contributed by atoms with Crippen molar-refractivity contribution in [2.75, 3.05) is 11.1 Å². The van der Waals surface area contributed by atoms with Crippen LogP contribution in [0.25, 0.3) is 15.9 Å². The molecule has 4 aromatic rings. The normalized spacial score (nSPS) is 11.3. The maximum absolute atomic E-state index is 13.8. The van der Waals surface area contributed by atoms with Gasteiger partial charge in [-0.15, -0.1) is 11.3 Å². The molecule has 4 rings (SSSR count). The van der Waals surface area contributed by atoms with Gasteiger partial charge in [0.2, 0.25) is 5.91 Å². The summed E-state index contributed by atoms with van der Waals surface area (Å²) in [5, 5.41) is 4.65. The first-order valence-corrected chi connectivity index (χ1v) is 13.7. The van der Waals surface area contributed by atoms with Gasteiger partial charge in [-0.2, -0.15) is 0 Å². The number of hydrogen-bond acceptors (Lipinski definition) is 5. The highest BCUT2D eigenvalue weighted by atomic mass is 35.5. The smallest absolute Gasteiger partial charge is 0.267 e. The largest absolute Gasteiger partial charge is 0.325 e. The Morgan fingerprint density at radius 2 is 1.83 bits per heavy atom. The van der Waals surface area contributed by atoms with Gasteiger partial charge in [0, 0.05) is 15.6 Å². The second-order valence-corrected chi connectivity index (χ2v) is 11.1. The first-order chi connectivity index (χ1) is 16.7. The molecule has 2 aromatic carbocycles.